The molecule has 2 N–H and O–H groups in total. The number of methoxy groups -OCH3 is 1. The van der Waals surface area contributed by atoms with Gasteiger partial charge in [0.25, 0.3) is 5.91 Å². The van der Waals surface area contributed by atoms with E-state index < -0.39 is 11.2 Å². The lowest BCUT2D eigenvalue weighted by Gasteiger charge is -2.37. The molecule has 10 nitrogen and oxygen atoms in total. The minimum absolute atomic E-state index is 0.246. The molecule has 0 radical (unpaired) electrons. The third-order valence-corrected chi connectivity index (χ3v) is 7.10. The van der Waals surface area contributed by atoms with Crippen molar-refractivity contribution in [2.24, 2.45) is 0 Å². The number of hydrogen-bond acceptors (Lipinski definition) is 7. The van der Waals surface area contributed by atoms with Gasteiger partial charge in [-0.2, -0.15) is 0 Å². The molecular formula is C33H44N4O6. The normalized spacial score (nSPS) is 17.6. The van der Waals surface area contributed by atoms with Gasteiger partial charge in [-0.05, 0) is 77.3 Å². The minimum Gasteiger partial charge on any atom is -0.496 e. The SMILES string of the molecule is COc1cc(NC(=O)c2ccc(C3=CCN(C(=O)OC(C)(C)C)CC3)cc2)ccc1C1CNCCN1C(=O)OC(C)(C)C. The van der Waals surface area contributed by atoms with Crippen molar-refractivity contribution in [3.05, 3.63) is 65.2 Å². The van der Waals surface area contributed by atoms with E-state index in [0.29, 0.717) is 56.1 Å². The van der Waals surface area contributed by atoms with Crippen molar-refractivity contribution >= 4 is 29.4 Å². The van der Waals surface area contributed by atoms with Crippen LogP contribution in [-0.4, -0.2) is 78.9 Å². The number of benzene rings is 2. The van der Waals surface area contributed by atoms with Gasteiger partial charge in [0.15, 0.2) is 0 Å². The van der Waals surface area contributed by atoms with E-state index in [1.807, 2.05) is 71.9 Å². The molecule has 2 aliphatic rings. The Labute approximate surface area is 254 Å². The Balaban J connectivity index is 1.41. The molecule has 232 valence electrons. The fourth-order valence-corrected chi connectivity index (χ4v) is 5.05. The van der Waals surface area contributed by atoms with Crippen molar-refractivity contribution in [2.75, 3.05) is 45.2 Å². The maximum Gasteiger partial charge on any atom is 0.410 e. The summed E-state index contributed by atoms with van der Waals surface area (Å²) in [4.78, 5) is 41.8. The number of rotatable bonds is 5. The molecule has 10 heteroatoms. The van der Waals surface area contributed by atoms with Gasteiger partial charge in [-0.1, -0.05) is 24.3 Å². The summed E-state index contributed by atoms with van der Waals surface area (Å²) >= 11 is 0. The second-order valence-electron chi connectivity index (χ2n) is 12.8. The molecular weight excluding hydrogens is 548 g/mol. The van der Waals surface area contributed by atoms with Crippen molar-refractivity contribution in [3.8, 4) is 5.75 Å². The Bertz CT molecular complexity index is 1360. The summed E-state index contributed by atoms with van der Waals surface area (Å²) in [5, 5.41) is 6.29. The van der Waals surface area contributed by atoms with Crippen LogP contribution in [0.3, 0.4) is 0 Å². The third kappa shape index (κ3) is 8.50. The fourth-order valence-electron chi connectivity index (χ4n) is 5.05. The molecule has 0 aliphatic carbocycles. The highest BCUT2D eigenvalue weighted by atomic mass is 16.6. The van der Waals surface area contributed by atoms with Gasteiger partial charge in [-0.3, -0.25) is 9.69 Å². The van der Waals surface area contributed by atoms with E-state index in [9.17, 15) is 14.4 Å². The van der Waals surface area contributed by atoms with Crippen LogP contribution in [0.2, 0.25) is 0 Å². The maximum atomic E-state index is 13.1. The van der Waals surface area contributed by atoms with Gasteiger partial charge in [0, 0.05) is 55.6 Å². The monoisotopic (exact) mass is 592 g/mol. The molecule has 43 heavy (non-hydrogen) atoms. The van der Waals surface area contributed by atoms with Crippen molar-refractivity contribution in [3.63, 3.8) is 0 Å². The molecule has 0 saturated carbocycles. The van der Waals surface area contributed by atoms with Crippen LogP contribution in [0.1, 0.15) is 75.5 Å². The van der Waals surface area contributed by atoms with Crippen LogP contribution < -0.4 is 15.4 Å². The van der Waals surface area contributed by atoms with Gasteiger partial charge in [-0.15, -0.1) is 0 Å². The molecule has 1 unspecified atom stereocenters. The van der Waals surface area contributed by atoms with Gasteiger partial charge >= 0.3 is 12.2 Å². The van der Waals surface area contributed by atoms with Crippen molar-refractivity contribution in [2.45, 2.75) is 65.2 Å². The zero-order valence-electron chi connectivity index (χ0n) is 26.3. The van der Waals surface area contributed by atoms with Crippen LogP contribution in [0, 0.1) is 0 Å². The highest BCUT2D eigenvalue weighted by Crippen LogP contribution is 2.34. The summed E-state index contributed by atoms with van der Waals surface area (Å²) in [5.74, 6) is 0.324. The topological polar surface area (TPSA) is 109 Å². The first-order chi connectivity index (χ1) is 20.2. The second kappa shape index (κ2) is 13.1. The van der Waals surface area contributed by atoms with Crippen LogP contribution in [-0.2, 0) is 9.47 Å². The first-order valence-corrected chi connectivity index (χ1v) is 14.7. The van der Waals surface area contributed by atoms with E-state index in [2.05, 4.69) is 10.6 Å². The number of piperazine rings is 1. The lowest BCUT2D eigenvalue weighted by molar-refractivity contribution is 0.0115. The van der Waals surface area contributed by atoms with Gasteiger partial charge < -0.3 is 29.7 Å². The van der Waals surface area contributed by atoms with Crippen LogP contribution >= 0.6 is 0 Å². The number of hydrogen-bond donors (Lipinski definition) is 2. The number of nitrogens with zero attached hydrogens (tertiary/aromatic N) is 2. The first-order valence-electron chi connectivity index (χ1n) is 14.7. The Hall–Kier alpha value is -4.05. The highest BCUT2D eigenvalue weighted by Gasteiger charge is 2.33. The van der Waals surface area contributed by atoms with E-state index in [1.54, 1.807) is 35.1 Å². The number of carbonyl (C=O) groups is 3. The van der Waals surface area contributed by atoms with Crippen LogP contribution in [0.25, 0.3) is 5.57 Å². The zero-order chi connectivity index (χ0) is 31.4. The summed E-state index contributed by atoms with van der Waals surface area (Å²) < 4.78 is 16.8. The molecule has 2 aromatic rings. The number of carbonyl (C=O) groups excluding carboxylic acids is 3. The van der Waals surface area contributed by atoms with Gasteiger partial charge in [0.1, 0.15) is 17.0 Å². The molecule has 2 heterocycles. The molecule has 1 saturated heterocycles. The van der Waals surface area contributed by atoms with Crippen molar-refractivity contribution < 1.29 is 28.6 Å². The first kappa shape index (κ1) is 31.9. The largest absolute Gasteiger partial charge is 0.496 e. The standard InChI is InChI=1S/C33H44N4O6/c1-32(2,3)42-30(39)36-17-14-23(15-18-36)22-8-10-24(11-9-22)29(38)35-25-12-13-26(28(20-25)41-7)27-21-34-16-19-37(27)31(40)43-33(4,5)6/h8-14,20,27,34H,15-19,21H2,1-7H3,(H,35,38). The van der Waals surface area contributed by atoms with E-state index >= 15 is 0 Å². The third-order valence-electron chi connectivity index (χ3n) is 7.10. The van der Waals surface area contributed by atoms with Gasteiger partial charge in [-0.25, -0.2) is 9.59 Å². The summed E-state index contributed by atoms with van der Waals surface area (Å²) in [6, 6.07) is 12.6. The Morgan fingerprint density at radius 3 is 2.19 bits per heavy atom. The summed E-state index contributed by atoms with van der Waals surface area (Å²) in [7, 11) is 1.57. The summed E-state index contributed by atoms with van der Waals surface area (Å²) in [5.41, 5.74) is 2.95. The Morgan fingerprint density at radius 2 is 1.58 bits per heavy atom. The summed E-state index contributed by atoms with van der Waals surface area (Å²) in [6.07, 6.45) is 2.06. The lowest BCUT2D eigenvalue weighted by atomic mass is 9.98. The minimum atomic E-state index is -0.598. The average molecular weight is 593 g/mol. The molecule has 2 aliphatic heterocycles. The van der Waals surface area contributed by atoms with Crippen LogP contribution in [0.5, 0.6) is 5.75 Å². The predicted octanol–water partition coefficient (Wildman–Crippen LogP) is 5.85. The quantitative estimate of drug-likeness (QED) is 0.448. The zero-order valence-corrected chi connectivity index (χ0v) is 26.3. The van der Waals surface area contributed by atoms with E-state index in [1.165, 1.54) is 0 Å². The molecule has 0 spiro atoms. The van der Waals surface area contributed by atoms with E-state index in [0.717, 1.165) is 16.7 Å². The smallest absolute Gasteiger partial charge is 0.410 e. The molecule has 1 fully saturated rings. The van der Waals surface area contributed by atoms with E-state index in [4.69, 9.17) is 14.2 Å². The van der Waals surface area contributed by atoms with E-state index in [-0.39, 0.29) is 24.1 Å². The van der Waals surface area contributed by atoms with Crippen molar-refractivity contribution in [1.82, 2.24) is 15.1 Å². The number of nitrogens with one attached hydrogen (secondary N) is 2. The molecule has 3 amide bonds. The van der Waals surface area contributed by atoms with Gasteiger partial charge in [0.05, 0.1) is 13.2 Å². The lowest BCUT2D eigenvalue weighted by Crippen LogP contribution is -2.50. The molecule has 2 aromatic carbocycles. The van der Waals surface area contributed by atoms with Crippen LogP contribution in [0.15, 0.2) is 48.5 Å². The highest BCUT2D eigenvalue weighted by molar-refractivity contribution is 6.04. The maximum absolute atomic E-state index is 13.1. The molecule has 4 rings (SSSR count). The molecule has 1 atom stereocenters. The average Bonchev–Trinajstić information content (AvgIpc) is 2.95. The van der Waals surface area contributed by atoms with Crippen molar-refractivity contribution in [1.29, 1.82) is 0 Å². The second-order valence-corrected chi connectivity index (χ2v) is 12.8. The van der Waals surface area contributed by atoms with Gasteiger partial charge in [0.2, 0.25) is 0 Å². The summed E-state index contributed by atoms with van der Waals surface area (Å²) in [6.45, 7) is 13.9. The number of amides is 3. The molecule has 0 aromatic heterocycles. The number of anilines is 1. The van der Waals surface area contributed by atoms with Crippen LogP contribution in [0.4, 0.5) is 15.3 Å². The fraction of sp³-hybridized carbons (Fsp3) is 0.485. The Kier molecular flexibility index (Phi) is 9.69. The molecule has 0 bridgehead atoms. The number of ether oxygens (including phenoxy) is 3. The Morgan fingerprint density at radius 1 is 0.907 bits per heavy atom. The predicted molar refractivity (Wildman–Crippen MR) is 166 cm³/mol.